The van der Waals surface area contributed by atoms with E-state index in [-0.39, 0.29) is 5.91 Å². The van der Waals surface area contributed by atoms with Crippen LogP contribution in [0.2, 0.25) is 0 Å². The van der Waals surface area contributed by atoms with Gasteiger partial charge in [-0.1, -0.05) is 60.7 Å². The molecule has 1 heterocycles. The van der Waals surface area contributed by atoms with Gasteiger partial charge >= 0.3 is 0 Å². The fourth-order valence-corrected chi connectivity index (χ4v) is 2.90. The molecule has 1 aliphatic heterocycles. The molecular weight excluding hydrogens is 312 g/mol. The van der Waals surface area contributed by atoms with Crippen LogP contribution in [-0.2, 0) is 11.3 Å². The summed E-state index contributed by atoms with van der Waals surface area (Å²) in [4.78, 5) is 16.6. The van der Waals surface area contributed by atoms with E-state index < -0.39 is 0 Å². The van der Waals surface area contributed by atoms with Crippen molar-refractivity contribution in [3.63, 3.8) is 0 Å². The predicted octanol–water partition coefficient (Wildman–Crippen LogP) is 1.95. The van der Waals surface area contributed by atoms with Crippen LogP contribution < -0.4 is 5.43 Å². The van der Waals surface area contributed by atoms with Gasteiger partial charge < -0.3 is 0 Å². The molecule has 5 heteroatoms. The van der Waals surface area contributed by atoms with Crippen molar-refractivity contribution in [3.05, 3.63) is 71.8 Å². The highest BCUT2D eigenvalue weighted by Crippen LogP contribution is 2.08. The van der Waals surface area contributed by atoms with Crippen molar-refractivity contribution >= 4 is 12.1 Å². The second-order valence-electron chi connectivity index (χ2n) is 6.24. The lowest BCUT2D eigenvalue weighted by atomic mass is 10.2. The first-order chi connectivity index (χ1) is 12.3. The van der Waals surface area contributed by atoms with Crippen LogP contribution in [0.3, 0.4) is 0 Å². The van der Waals surface area contributed by atoms with Crippen molar-refractivity contribution in [2.75, 3.05) is 32.7 Å². The third-order valence-electron chi connectivity index (χ3n) is 4.28. The summed E-state index contributed by atoms with van der Waals surface area (Å²) >= 11 is 0. The first kappa shape index (κ1) is 17.3. The molecule has 0 unspecified atom stereocenters. The van der Waals surface area contributed by atoms with Crippen molar-refractivity contribution in [3.8, 4) is 0 Å². The molecule has 0 atom stereocenters. The molecule has 1 saturated heterocycles. The van der Waals surface area contributed by atoms with E-state index in [1.54, 1.807) is 6.21 Å². The Morgan fingerprint density at radius 2 is 1.52 bits per heavy atom. The maximum atomic E-state index is 12.0. The lowest BCUT2D eigenvalue weighted by Gasteiger charge is -2.34. The largest absolute Gasteiger partial charge is 0.297 e. The molecule has 1 fully saturated rings. The Bertz CT molecular complexity index is 679. The fourth-order valence-electron chi connectivity index (χ4n) is 2.90. The molecule has 3 rings (SSSR count). The Labute approximate surface area is 148 Å². The van der Waals surface area contributed by atoms with Crippen LogP contribution in [0.1, 0.15) is 11.1 Å². The number of nitrogens with one attached hydrogen (secondary N) is 1. The summed E-state index contributed by atoms with van der Waals surface area (Å²) < 4.78 is 0. The van der Waals surface area contributed by atoms with Crippen LogP contribution >= 0.6 is 0 Å². The number of benzene rings is 2. The molecule has 0 aromatic heterocycles. The first-order valence-corrected chi connectivity index (χ1v) is 8.65. The zero-order valence-corrected chi connectivity index (χ0v) is 14.3. The second-order valence-corrected chi connectivity index (χ2v) is 6.24. The Balaban J connectivity index is 1.37. The summed E-state index contributed by atoms with van der Waals surface area (Å²) in [6.45, 7) is 5.14. The lowest BCUT2D eigenvalue weighted by Crippen LogP contribution is -2.48. The summed E-state index contributed by atoms with van der Waals surface area (Å²) in [7, 11) is 0. The van der Waals surface area contributed by atoms with Crippen molar-refractivity contribution < 1.29 is 4.79 Å². The summed E-state index contributed by atoms with van der Waals surface area (Å²) in [6, 6.07) is 20.2. The zero-order chi connectivity index (χ0) is 17.3. The van der Waals surface area contributed by atoms with Crippen molar-refractivity contribution in [2.45, 2.75) is 6.54 Å². The number of rotatable bonds is 6. The molecule has 0 aliphatic carbocycles. The molecule has 0 spiro atoms. The Hall–Kier alpha value is -2.50. The zero-order valence-electron chi connectivity index (χ0n) is 14.3. The Kier molecular flexibility index (Phi) is 6.31. The number of nitrogens with zero attached hydrogens (tertiary/aromatic N) is 3. The van der Waals surface area contributed by atoms with Gasteiger partial charge in [0.1, 0.15) is 0 Å². The third-order valence-corrected chi connectivity index (χ3v) is 4.28. The maximum Gasteiger partial charge on any atom is 0.254 e. The van der Waals surface area contributed by atoms with Gasteiger partial charge in [0.05, 0.1) is 12.8 Å². The molecule has 0 radical (unpaired) electrons. The minimum absolute atomic E-state index is 0.0660. The van der Waals surface area contributed by atoms with Crippen LogP contribution in [0.15, 0.2) is 65.8 Å². The molecule has 0 saturated carbocycles. The van der Waals surface area contributed by atoms with E-state index in [2.05, 4.69) is 44.6 Å². The van der Waals surface area contributed by atoms with E-state index in [1.807, 2.05) is 36.4 Å². The highest BCUT2D eigenvalue weighted by molar-refractivity contribution is 5.83. The molecule has 130 valence electrons. The fraction of sp³-hybridized carbons (Fsp3) is 0.300. The van der Waals surface area contributed by atoms with Crippen LogP contribution in [0.25, 0.3) is 0 Å². The number of hydrazone groups is 1. The second kappa shape index (κ2) is 9.11. The summed E-state index contributed by atoms with van der Waals surface area (Å²) in [5.74, 6) is -0.0660. The number of hydrogen-bond acceptors (Lipinski definition) is 4. The minimum atomic E-state index is -0.0660. The van der Waals surface area contributed by atoms with Crippen molar-refractivity contribution in [1.29, 1.82) is 0 Å². The number of piperazine rings is 1. The van der Waals surface area contributed by atoms with Gasteiger partial charge in [-0.3, -0.25) is 14.6 Å². The highest BCUT2D eigenvalue weighted by Gasteiger charge is 2.18. The van der Waals surface area contributed by atoms with Crippen molar-refractivity contribution in [1.82, 2.24) is 15.2 Å². The maximum absolute atomic E-state index is 12.0. The normalized spacial score (nSPS) is 16.2. The van der Waals surface area contributed by atoms with Gasteiger partial charge in [-0.05, 0) is 11.1 Å². The highest BCUT2D eigenvalue weighted by atomic mass is 16.2. The molecular formula is C20H24N4O. The summed E-state index contributed by atoms with van der Waals surface area (Å²) in [5.41, 5.74) is 4.91. The average Bonchev–Trinajstić information content (AvgIpc) is 2.65. The van der Waals surface area contributed by atoms with Gasteiger partial charge in [0, 0.05) is 32.7 Å². The Morgan fingerprint density at radius 3 is 2.20 bits per heavy atom. The van der Waals surface area contributed by atoms with Crippen molar-refractivity contribution in [2.24, 2.45) is 5.10 Å². The molecule has 5 nitrogen and oxygen atoms in total. The van der Waals surface area contributed by atoms with Crippen LogP contribution in [-0.4, -0.2) is 54.6 Å². The lowest BCUT2D eigenvalue weighted by molar-refractivity contribution is -0.122. The molecule has 2 aromatic rings. The number of amides is 1. The average molecular weight is 336 g/mol. The van der Waals surface area contributed by atoms with E-state index in [9.17, 15) is 4.79 Å². The summed E-state index contributed by atoms with van der Waals surface area (Å²) in [5, 5.41) is 4.02. The van der Waals surface area contributed by atoms with Crippen LogP contribution in [0.5, 0.6) is 0 Å². The standard InChI is InChI=1S/C20H24N4O/c25-20(22-21-15-18-7-3-1-4-8-18)17-24-13-11-23(12-14-24)16-19-9-5-2-6-10-19/h1-10,15H,11-14,16-17H2,(H,22,25)/b21-15-. The molecule has 25 heavy (non-hydrogen) atoms. The van der Waals surface area contributed by atoms with Crippen LogP contribution in [0.4, 0.5) is 0 Å². The number of hydrogen-bond donors (Lipinski definition) is 1. The quantitative estimate of drug-likeness (QED) is 0.648. The topological polar surface area (TPSA) is 47.9 Å². The monoisotopic (exact) mass is 336 g/mol. The SMILES string of the molecule is O=C(CN1CCN(Cc2ccccc2)CC1)N/N=C\c1ccccc1. The summed E-state index contributed by atoms with van der Waals surface area (Å²) in [6.07, 6.45) is 1.66. The van der Waals surface area contributed by atoms with E-state index >= 15 is 0 Å². The van der Waals surface area contributed by atoms with Gasteiger partial charge in [-0.15, -0.1) is 0 Å². The van der Waals surface area contributed by atoms with E-state index in [1.165, 1.54) is 5.56 Å². The number of carbonyl (C=O) groups excluding carboxylic acids is 1. The van der Waals surface area contributed by atoms with E-state index in [0.717, 1.165) is 38.3 Å². The molecule has 0 bridgehead atoms. The van der Waals surface area contributed by atoms with Gasteiger partial charge in [0.15, 0.2) is 0 Å². The third kappa shape index (κ3) is 5.81. The van der Waals surface area contributed by atoms with Gasteiger partial charge in [-0.2, -0.15) is 5.10 Å². The van der Waals surface area contributed by atoms with Gasteiger partial charge in [-0.25, -0.2) is 5.43 Å². The van der Waals surface area contributed by atoms with Crippen LogP contribution in [0, 0.1) is 0 Å². The first-order valence-electron chi connectivity index (χ1n) is 8.65. The molecule has 1 aliphatic rings. The minimum Gasteiger partial charge on any atom is -0.297 e. The molecule has 1 amide bonds. The van der Waals surface area contributed by atoms with E-state index in [4.69, 9.17) is 0 Å². The molecule has 1 N–H and O–H groups in total. The smallest absolute Gasteiger partial charge is 0.254 e. The number of carbonyl (C=O) groups is 1. The molecule has 2 aromatic carbocycles. The van der Waals surface area contributed by atoms with E-state index in [0.29, 0.717) is 6.54 Å². The van der Waals surface area contributed by atoms with Gasteiger partial charge in [0.2, 0.25) is 0 Å². The Morgan fingerprint density at radius 1 is 0.920 bits per heavy atom. The van der Waals surface area contributed by atoms with Gasteiger partial charge in [0.25, 0.3) is 5.91 Å². The predicted molar refractivity (Wildman–Crippen MR) is 100 cm³/mol.